The highest BCUT2D eigenvalue weighted by Gasteiger charge is 2.24. The fraction of sp³-hybridized carbons (Fsp3) is 0.750. The summed E-state index contributed by atoms with van der Waals surface area (Å²) in [5, 5.41) is 6.58. The third-order valence-corrected chi connectivity index (χ3v) is 5.95. The van der Waals surface area contributed by atoms with Crippen LogP contribution in [0.3, 0.4) is 0 Å². The van der Waals surface area contributed by atoms with E-state index in [0.29, 0.717) is 18.0 Å². The fourth-order valence-electron chi connectivity index (χ4n) is 4.31. The first-order valence-electron chi connectivity index (χ1n) is 11.6. The molecule has 4 nitrogen and oxygen atoms in total. The number of hydrogen-bond acceptors (Lipinski definition) is 3. The van der Waals surface area contributed by atoms with Crippen LogP contribution in [0.15, 0.2) is 22.7 Å². The minimum atomic E-state index is 0.0354. The van der Waals surface area contributed by atoms with Crippen molar-refractivity contribution in [2.75, 3.05) is 5.32 Å². The summed E-state index contributed by atoms with van der Waals surface area (Å²) >= 11 is 0. The van der Waals surface area contributed by atoms with E-state index in [1.165, 1.54) is 70.6 Å². The number of anilines is 1. The Balaban J connectivity index is 1.50. The SMILES string of the molecule is CCCCCC/C=C/C1CCCC1CCCCCCC(=O)Nc1cc(C)on1. The molecule has 0 aliphatic heterocycles. The maximum Gasteiger partial charge on any atom is 0.225 e. The van der Waals surface area contributed by atoms with Gasteiger partial charge in [-0.15, -0.1) is 0 Å². The van der Waals surface area contributed by atoms with Gasteiger partial charge in [-0.2, -0.15) is 0 Å². The summed E-state index contributed by atoms with van der Waals surface area (Å²) in [4.78, 5) is 11.9. The van der Waals surface area contributed by atoms with Crippen LogP contribution in [0.5, 0.6) is 0 Å². The molecule has 1 aromatic heterocycles. The van der Waals surface area contributed by atoms with Crippen molar-refractivity contribution >= 4 is 11.7 Å². The average molecular weight is 389 g/mol. The van der Waals surface area contributed by atoms with Crippen molar-refractivity contribution in [1.29, 1.82) is 0 Å². The molecule has 0 saturated heterocycles. The number of nitrogens with one attached hydrogen (secondary N) is 1. The van der Waals surface area contributed by atoms with Crippen molar-refractivity contribution in [2.45, 2.75) is 104 Å². The highest BCUT2D eigenvalue weighted by molar-refractivity contribution is 5.89. The molecule has 1 aliphatic carbocycles. The van der Waals surface area contributed by atoms with Gasteiger partial charge in [-0.1, -0.05) is 69.2 Å². The van der Waals surface area contributed by atoms with Crippen LogP contribution in [-0.4, -0.2) is 11.1 Å². The number of unbranched alkanes of at least 4 members (excludes halogenated alkanes) is 7. The summed E-state index contributed by atoms with van der Waals surface area (Å²) in [5.74, 6) is 2.99. The minimum Gasteiger partial charge on any atom is -0.360 e. The zero-order chi connectivity index (χ0) is 20.0. The Labute approximate surface area is 171 Å². The van der Waals surface area contributed by atoms with Crippen LogP contribution in [0.4, 0.5) is 5.82 Å². The third-order valence-electron chi connectivity index (χ3n) is 5.95. The molecule has 0 radical (unpaired) electrons. The Hall–Kier alpha value is -1.58. The molecule has 158 valence electrons. The Kier molecular flexibility index (Phi) is 11.0. The minimum absolute atomic E-state index is 0.0354. The monoisotopic (exact) mass is 388 g/mol. The molecule has 1 heterocycles. The molecule has 2 unspecified atom stereocenters. The predicted octanol–water partition coefficient (Wildman–Crippen LogP) is 7.21. The van der Waals surface area contributed by atoms with E-state index < -0.39 is 0 Å². The molecule has 28 heavy (non-hydrogen) atoms. The highest BCUT2D eigenvalue weighted by atomic mass is 16.5. The third kappa shape index (κ3) is 9.07. The quantitative estimate of drug-likeness (QED) is 0.271. The van der Waals surface area contributed by atoms with E-state index in [9.17, 15) is 4.79 Å². The van der Waals surface area contributed by atoms with E-state index in [1.807, 2.05) is 6.92 Å². The lowest BCUT2D eigenvalue weighted by atomic mass is 9.90. The van der Waals surface area contributed by atoms with Crippen LogP contribution >= 0.6 is 0 Å². The van der Waals surface area contributed by atoms with Gasteiger partial charge in [0.05, 0.1) is 0 Å². The van der Waals surface area contributed by atoms with Gasteiger partial charge in [-0.3, -0.25) is 4.79 Å². The molecular weight excluding hydrogens is 348 g/mol. The number of carbonyl (C=O) groups is 1. The van der Waals surface area contributed by atoms with Crippen LogP contribution in [-0.2, 0) is 4.79 Å². The van der Waals surface area contributed by atoms with Crippen molar-refractivity contribution in [3.63, 3.8) is 0 Å². The van der Waals surface area contributed by atoms with Crippen molar-refractivity contribution < 1.29 is 9.32 Å². The number of allylic oxidation sites excluding steroid dienone is 2. The van der Waals surface area contributed by atoms with Crippen molar-refractivity contribution in [1.82, 2.24) is 5.16 Å². The molecule has 0 aromatic carbocycles. The van der Waals surface area contributed by atoms with Crippen LogP contribution in [0.2, 0.25) is 0 Å². The molecule has 1 aliphatic rings. The molecule has 0 bridgehead atoms. The van der Waals surface area contributed by atoms with Gasteiger partial charge in [0.2, 0.25) is 5.91 Å². The second kappa shape index (κ2) is 13.6. The number of rotatable bonds is 14. The Morgan fingerprint density at radius 2 is 2.00 bits per heavy atom. The summed E-state index contributed by atoms with van der Waals surface area (Å²) < 4.78 is 4.96. The lowest BCUT2D eigenvalue weighted by Gasteiger charge is -2.16. The summed E-state index contributed by atoms with van der Waals surface area (Å²) in [6, 6.07) is 1.75. The zero-order valence-electron chi connectivity index (χ0n) is 18.0. The molecule has 2 atom stereocenters. The van der Waals surface area contributed by atoms with E-state index in [1.54, 1.807) is 6.07 Å². The first-order valence-corrected chi connectivity index (χ1v) is 11.6. The molecule has 2 rings (SSSR count). The first kappa shape index (κ1) is 22.7. The summed E-state index contributed by atoms with van der Waals surface area (Å²) in [6.07, 6.45) is 22.4. The van der Waals surface area contributed by atoms with Gasteiger partial charge in [0.15, 0.2) is 5.82 Å². The van der Waals surface area contributed by atoms with Crippen molar-refractivity contribution in [3.05, 3.63) is 24.0 Å². The van der Waals surface area contributed by atoms with Gasteiger partial charge < -0.3 is 9.84 Å². The molecular formula is C24H40N2O2. The molecule has 1 aromatic rings. The van der Waals surface area contributed by atoms with E-state index in [4.69, 9.17) is 4.52 Å². The lowest BCUT2D eigenvalue weighted by molar-refractivity contribution is -0.116. The molecule has 1 N–H and O–H groups in total. The highest BCUT2D eigenvalue weighted by Crippen LogP contribution is 2.36. The van der Waals surface area contributed by atoms with Crippen LogP contribution in [0, 0.1) is 18.8 Å². The van der Waals surface area contributed by atoms with Crippen LogP contribution in [0.1, 0.15) is 103 Å². The molecule has 1 amide bonds. The maximum atomic E-state index is 11.9. The molecule has 1 saturated carbocycles. The van der Waals surface area contributed by atoms with Crippen LogP contribution in [0.25, 0.3) is 0 Å². The second-order valence-electron chi connectivity index (χ2n) is 8.46. The van der Waals surface area contributed by atoms with Gasteiger partial charge >= 0.3 is 0 Å². The Bertz CT molecular complexity index is 579. The maximum absolute atomic E-state index is 11.9. The average Bonchev–Trinajstić information content (AvgIpc) is 3.29. The molecule has 4 heteroatoms. The standard InChI is InChI=1S/C24H40N2O2/c1-3-4-5-6-7-10-14-21-16-13-17-22(21)15-11-8-9-12-18-24(27)25-23-19-20(2)28-26-23/h10,14,19,21-22H,3-9,11-13,15-18H2,1-2H3,(H,25,26,27)/b14-10+. The van der Waals surface area contributed by atoms with Crippen LogP contribution < -0.4 is 5.32 Å². The van der Waals surface area contributed by atoms with Crippen molar-refractivity contribution in [2.24, 2.45) is 11.8 Å². The van der Waals surface area contributed by atoms with Crippen molar-refractivity contribution in [3.8, 4) is 0 Å². The summed E-state index contributed by atoms with van der Waals surface area (Å²) in [5.41, 5.74) is 0. The lowest BCUT2D eigenvalue weighted by Crippen LogP contribution is -2.11. The van der Waals surface area contributed by atoms with E-state index in [2.05, 4.69) is 29.5 Å². The Morgan fingerprint density at radius 1 is 1.18 bits per heavy atom. The van der Waals surface area contributed by atoms with E-state index in [-0.39, 0.29) is 5.91 Å². The summed E-state index contributed by atoms with van der Waals surface area (Å²) in [7, 11) is 0. The fourth-order valence-corrected chi connectivity index (χ4v) is 4.31. The molecule has 1 fully saturated rings. The number of carbonyl (C=O) groups excluding carboxylic acids is 1. The van der Waals surface area contributed by atoms with Gasteiger partial charge in [0, 0.05) is 12.5 Å². The Morgan fingerprint density at radius 3 is 2.79 bits per heavy atom. The topological polar surface area (TPSA) is 55.1 Å². The van der Waals surface area contributed by atoms with E-state index in [0.717, 1.165) is 24.7 Å². The number of aromatic nitrogens is 1. The predicted molar refractivity (Wildman–Crippen MR) is 116 cm³/mol. The largest absolute Gasteiger partial charge is 0.360 e. The zero-order valence-corrected chi connectivity index (χ0v) is 18.0. The number of hydrogen-bond donors (Lipinski definition) is 1. The number of nitrogens with zero attached hydrogens (tertiary/aromatic N) is 1. The number of amides is 1. The summed E-state index contributed by atoms with van der Waals surface area (Å²) in [6.45, 7) is 4.09. The molecule has 0 spiro atoms. The van der Waals surface area contributed by atoms with Gasteiger partial charge in [0.25, 0.3) is 0 Å². The normalized spacial score (nSPS) is 19.5. The number of aryl methyl sites for hydroxylation is 1. The van der Waals surface area contributed by atoms with Gasteiger partial charge in [-0.05, 0) is 57.3 Å². The second-order valence-corrected chi connectivity index (χ2v) is 8.46. The smallest absolute Gasteiger partial charge is 0.225 e. The van der Waals surface area contributed by atoms with Gasteiger partial charge in [0.1, 0.15) is 5.76 Å². The van der Waals surface area contributed by atoms with Gasteiger partial charge in [-0.25, -0.2) is 0 Å². The first-order chi connectivity index (χ1) is 13.7. The van der Waals surface area contributed by atoms with E-state index >= 15 is 0 Å².